The lowest BCUT2D eigenvalue weighted by atomic mass is 9.99. The third kappa shape index (κ3) is 2.88. The van der Waals surface area contributed by atoms with Gasteiger partial charge in [-0.1, -0.05) is 54.6 Å². The predicted molar refractivity (Wildman–Crippen MR) is 84.8 cm³/mol. The van der Waals surface area contributed by atoms with E-state index in [1.54, 1.807) is 13.1 Å². The minimum Gasteiger partial charge on any atom is -0.392 e. The Kier molecular flexibility index (Phi) is 3.84. The molecule has 0 aliphatic carbocycles. The van der Waals surface area contributed by atoms with Crippen molar-refractivity contribution < 1.29 is 5.11 Å². The molecule has 1 atom stereocenters. The van der Waals surface area contributed by atoms with Crippen molar-refractivity contribution in [2.45, 2.75) is 19.6 Å². The lowest BCUT2D eigenvalue weighted by Crippen LogP contribution is -2.12. The SMILES string of the molecule is CC(O)Cn1ccnc1-c1ccccc1-c1ccccc1. The van der Waals surface area contributed by atoms with Gasteiger partial charge in [-0.2, -0.15) is 0 Å². The molecule has 1 unspecified atom stereocenters. The lowest BCUT2D eigenvalue weighted by molar-refractivity contribution is 0.174. The molecule has 0 saturated heterocycles. The topological polar surface area (TPSA) is 38.0 Å². The highest BCUT2D eigenvalue weighted by Crippen LogP contribution is 2.30. The fraction of sp³-hybridized carbons (Fsp3) is 0.167. The second-order valence-corrected chi connectivity index (χ2v) is 5.16. The normalized spacial score (nSPS) is 12.3. The first kappa shape index (κ1) is 13.6. The molecule has 0 fully saturated rings. The van der Waals surface area contributed by atoms with E-state index in [9.17, 15) is 5.11 Å². The van der Waals surface area contributed by atoms with Gasteiger partial charge in [0.1, 0.15) is 5.82 Å². The Labute approximate surface area is 124 Å². The van der Waals surface area contributed by atoms with Crippen molar-refractivity contribution in [3.8, 4) is 22.5 Å². The smallest absolute Gasteiger partial charge is 0.140 e. The molecule has 1 heterocycles. The van der Waals surface area contributed by atoms with Crippen LogP contribution in [0.2, 0.25) is 0 Å². The Hall–Kier alpha value is -2.39. The summed E-state index contributed by atoms with van der Waals surface area (Å²) in [6.07, 6.45) is 3.28. The van der Waals surface area contributed by atoms with Gasteiger partial charge >= 0.3 is 0 Å². The molecule has 1 N–H and O–H groups in total. The summed E-state index contributed by atoms with van der Waals surface area (Å²) in [5.74, 6) is 0.885. The average Bonchev–Trinajstić information content (AvgIpc) is 2.95. The van der Waals surface area contributed by atoms with Crippen LogP contribution in [0.15, 0.2) is 67.0 Å². The largest absolute Gasteiger partial charge is 0.392 e. The van der Waals surface area contributed by atoms with E-state index in [-0.39, 0.29) is 0 Å². The minimum atomic E-state index is -0.401. The van der Waals surface area contributed by atoms with Crippen LogP contribution in [-0.4, -0.2) is 20.8 Å². The van der Waals surface area contributed by atoms with E-state index in [1.807, 2.05) is 41.1 Å². The number of hydrogen-bond acceptors (Lipinski definition) is 2. The van der Waals surface area contributed by atoms with Gasteiger partial charge in [0.25, 0.3) is 0 Å². The summed E-state index contributed by atoms with van der Waals surface area (Å²) in [5.41, 5.74) is 3.39. The summed E-state index contributed by atoms with van der Waals surface area (Å²) in [6, 6.07) is 18.5. The molecule has 0 saturated carbocycles. The zero-order valence-electron chi connectivity index (χ0n) is 12.0. The van der Waals surface area contributed by atoms with Gasteiger partial charge in [0.15, 0.2) is 0 Å². The molecule has 106 valence electrons. The first-order chi connectivity index (χ1) is 10.3. The number of nitrogens with zero attached hydrogens (tertiary/aromatic N) is 2. The third-order valence-electron chi connectivity index (χ3n) is 3.43. The molecule has 3 nitrogen and oxygen atoms in total. The van der Waals surface area contributed by atoms with E-state index in [0.29, 0.717) is 6.54 Å². The van der Waals surface area contributed by atoms with Gasteiger partial charge in [-0.15, -0.1) is 0 Å². The van der Waals surface area contributed by atoms with Crippen LogP contribution >= 0.6 is 0 Å². The van der Waals surface area contributed by atoms with E-state index in [4.69, 9.17) is 0 Å². The van der Waals surface area contributed by atoms with Crippen LogP contribution in [0, 0.1) is 0 Å². The average molecular weight is 278 g/mol. The van der Waals surface area contributed by atoms with Gasteiger partial charge in [-0.25, -0.2) is 4.98 Å². The van der Waals surface area contributed by atoms with Gasteiger partial charge in [0.05, 0.1) is 6.10 Å². The third-order valence-corrected chi connectivity index (χ3v) is 3.43. The lowest BCUT2D eigenvalue weighted by Gasteiger charge is -2.13. The Bertz CT molecular complexity index is 717. The summed E-state index contributed by atoms with van der Waals surface area (Å²) < 4.78 is 1.99. The molecule has 3 rings (SSSR count). The molecule has 0 radical (unpaired) electrons. The van der Waals surface area contributed by atoms with E-state index in [2.05, 4.69) is 29.2 Å². The first-order valence-corrected chi connectivity index (χ1v) is 7.10. The van der Waals surface area contributed by atoms with Crippen LogP contribution in [0.5, 0.6) is 0 Å². The molecule has 0 amide bonds. The highest BCUT2D eigenvalue weighted by atomic mass is 16.3. The second-order valence-electron chi connectivity index (χ2n) is 5.16. The highest BCUT2D eigenvalue weighted by Gasteiger charge is 2.12. The van der Waals surface area contributed by atoms with Gasteiger partial charge < -0.3 is 9.67 Å². The number of aliphatic hydroxyl groups is 1. The van der Waals surface area contributed by atoms with Gasteiger partial charge in [-0.05, 0) is 18.1 Å². The van der Waals surface area contributed by atoms with E-state index < -0.39 is 6.10 Å². The van der Waals surface area contributed by atoms with Crippen molar-refractivity contribution in [1.82, 2.24) is 9.55 Å². The van der Waals surface area contributed by atoms with Crippen LogP contribution in [-0.2, 0) is 6.54 Å². The number of rotatable bonds is 4. The number of aliphatic hydroxyl groups excluding tert-OH is 1. The van der Waals surface area contributed by atoms with Crippen LogP contribution in [0.1, 0.15) is 6.92 Å². The molecule has 3 aromatic rings. The molecule has 1 aromatic heterocycles. The summed E-state index contributed by atoms with van der Waals surface area (Å²) in [5, 5.41) is 9.63. The van der Waals surface area contributed by atoms with E-state index >= 15 is 0 Å². The number of imidazole rings is 1. The molecule has 0 spiro atoms. The van der Waals surface area contributed by atoms with Gasteiger partial charge in [-0.3, -0.25) is 0 Å². The van der Waals surface area contributed by atoms with Crippen molar-refractivity contribution >= 4 is 0 Å². The summed E-state index contributed by atoms with van der Waals surface area (Å²) >= 11 is 0. The Morgan fingerprint density at radius 1 is 1.00 bits per heavy atom. The van der Waals surface area contributed by atoms with Gasteiger partial charge in [0.2, 0.25) is 0 Å². The number of hydrogen-bond donors (Lipinski definition) is 1. The number of aromatic nitrogens is 2. The number of benzene rings is 2. The molecule has 0 bridgehead atoms. The van der Waals surface area contributed by atoms with Crippen LogP contribution in [0.25, 0.3) is 22.5 Å². The van der Waals surface area contributed by atoms with Crippen molar-refractivity contribution in [2.24, 2.45) is 0 Å². The molecular formula is C18H18N2O. The zero-order valence-corrected chi connectivity index (χ0v) is 12.0. The summed E-state index contributed by atoms with van der Waals surface area (Å²) in [4.78, 5) is 4.48. The van der Waals surface area contributed by atoms with E-state index in [0.717, 1.165) is 17.0 Å². The molecule has 3 heteroatoms. The summed E-state index contributed by atoms with van der Waals surface area (Å²) in [6.45, 7) is 2.32. The summed E-state index contributed by atoms with van der Waals surface area (Å²) in [7, 11) is 0. The standard InChI is InChI=1S/C18H18N2O/c1-14(21)13-20-12-11-19-18(20)17-10-6-5-9-16(17)15-7-3-2-4-8-15/h2-12,14,21H,13H2,1H3. The predicted octanol–water partition coefficient (Wildman–Crippen LogP) is 3.60. The fourth-order valence-electron chi connectivity index (χ4n) is 2.53. The van der Waals surface area contributed by atoms with Crippen molar-refractivity contribution in [2.75, 3.05) is 0 Å². The van der Waals surface area contributed by atoms with Crippen LogP contribution < -0.4 is 0 Å². The molecule has 0 aliphatic rings. The fourth-order valence-corrected chi connectivity index (χ4v) is 2.53. The van der Waals surface area contributed by atoms with Crippen LogP contribution in [0.4, 0.5) is 0 Å². The first-order valence-electron chi connectivity index (χ1n) is 7.10. The molecule has 21 heavy (non-hydrogen) atoms. The second kappa shape index (κ2) is 5.94. The molecule has 2 aromatic carbocycles. The van der Waals surface area contributed by atoms with Crippen molar-refractivity contribution in [3.63, 3.8) is 0 Å². The monoisotopic (exact) mass is 278 g/mol. The highest BCUT2D eigenvalue weighted by molar-refractivity contribution is 5.80. The molecule has 0 aliphatic heterocycles. The maximum Gasteiger partial charge on any atom is 0.140 e. The minimum absolute atomic E-state index is 0.401. The molecular weight excluding hydrogens is 260 g/mol. The quantitative estimate of drug-likeness (QED) is 0.792. The van der Waals surface area contributed by atoms with Crippen molar-refractivity contribution in [1.29, 1.82) is 0 Å². The van der Waals surface area contributed by atoms with E-state index in [1.165, 1.54) is 5.56 Å². The zero-order chi connectivity index (χ0) is 14.7. The Morgan fingerprint density at radius 3 is 2.38 bits per heavy atom. The van der Waals surface area contributed by atoms with Crippen LogP contribution in [0.3, 0.4) is 0 Å². The Balaban J connectivity index is 2.10. The maximum absolute atomic E-state index is 9.63. The van der Waals surface area contributed by atoms with Crippen molar-refractivity contribution in [3.05, 3.63) is 67.0 Å². The van der Waals surface area contributed by atoms with Gasteiger partial charge in [0, 0.05) is 24.5 Å². The Morgan fingerprint density at radius 2 is 1.67 bits per heavy atom. The maximum atomic E-state index is 9.63.